The van der Waals surface area contributed by atoms with E-state index in [-0.39, 0.29) is 10.7 Å². The van der Waals surface area contributed by atoms with Crippen molar-refractivity contribution in [1.29, 1.82) is 0 Å². The minimum atomic E-state index is -3.56. The third-order valence-corrected chi connectivity index (χ3v) is 5.75. The Hall–Kier alpha value is -0.860. The Labute approximate surface area is 125 Å². The molecule has 0 fully saturated rings. The molecular weight excluding hydrogens is 296 g/mol. The Balaban J connectivity index is 2.69. The van der Waals surface area contributed by atoms with Crippen molar-refractivity contribution in [2.75, 3.05) is 31.7 Å². The van der Waals surface area contributed by atoms with Crippen molar-refractivity contribution < 1.29 is 8.42 Å². The molecule has 1 aromatic rings. The van der Waals surface area contributed by atoms with Crippen LogP contribution in [-0.2, 0) is 10.0 Å². The molecule has 0 atom stereocenters. The van der Waals surface area contributed by atoms with Crippen molar-refractivity contribution >= 4 is 32.4 Å². The van der Waals surface area contributed by atoms with Crippen LogP contribution in [0.5, 0.6) is 0 Å². The van der Waals surface area contributed by atoms with E-state index in [0.717, 1.165) is 35.2 Å². The lowest BCUT2D eigenvalue weighted by Gasteiger charge is -2.13. The number of anilines is 2. The maximum Gasteiger partial charge on any atom is 0.249 e. The topological polar surface area (TPSA) is 88.3 Å². The molecule has 6 nitrogen and oxygen atoms in total. The minimum Gasteiger partial charge on any atom is -0.382 e. The molecule has 0 aliphatic heterocycles. The summed E-state index contributed by atoms with van der Waals surface area (Å²) in [6.07, 6.45) is 3.29. The van der Waals surface area contributed by atoms with Crippen LogP contribution in [0.1, 0.15) is 33.1 Å². The third-order valence-electron chi connectivity index (χ3n) is 2.91. The first kappa shape index (κ1) is 17.2. The minimum absolute atomic E-state index is 0.0633. The Morgan fingerprint density at radius 3 is 2.55 bits per heavy atom. The van der Waals surface area contributed by atoms with Gasteiger partial charge in [0.1, 0.15) is 5.00 Å². The fraction of sp³-hybridized carbons (Fsp3) is 0.750. The van der Waals surface area contributed by atoms with Crippen LogP contribution < -0.4 is 11.1 Å². The highest BCUT2D eigenvalue weighted by molar-refractivity contribution is 7.89. The summed E-state index contributed by atoms with van der Waals surface area (Å²) in [5.74, 6) is 0.757. The van der Waals surface area contributed by atoms with Crippen LogP contribution in [0.25, 0.3) is 0 Å². The molecule has 1 heterocycles. The maximum absolute atomic E-state index is 12.2. The van der Waals surface area contributed by atoms with Gasteiger partial charge in [-0.05, 0) is 23.9 Å². The average Bonchev–Trinajstić information content (AvgIpc) is 2.70. The first-order valence-electron chi connectivity index (χ1n) is 6.68. The van der Waals surface area contributed by atoms with Crippen LogP contribution in [0.4, 0.5) is 10.8 Å². The summed E-state index contributed by atoms with van der Waals surface area (Å²) in [5, 5.41) is 3.67. The van der Waals surface area contributed by atoms with Crippen molar-refractivity contribution in [2.45, 2.75) is 38.0 Å². The molecule has 0 amide bonds. The molecule has 20 heavy (non-hydrogen) atoms. The van der Waals surface area contributed by atoms with Crippen LogP contribution >= 0.6 is 11.5 Å². The number of nitrogens with one attached hydrogen (secondary N) is 1. The summed E-state index contributed by atoms with van der Waals surface area (Å²) in [7, 11) is -0.587. The molecule has 116 valence electrons. The Bertz CT molecular complexity index is 524. The number of hydrogen-bond acceptors (Lipinski definition) is 6. The zero-order valence-electron chi connectivity index (χ0n) is 12.5. The van der Waals surface area contributed by atoms with Gasteiger partial charge in [-0.15, -0.1) is 0 Å². The van der Waals surface area contributed by atoms with Crippen LogP contribution in [0.15, 0.2) is 4.90 Å². The summed E-state index contributed by atoms with van der Waals surface area (Å²) in [6, 6.07) is 0. The summed E-state index contributed by atoms with van der Waals surface area (Å²) in [6.45, 7) is 5.11. The fourth-order valence-electron chi connectivity index (χ4n) is 1.72. The summed E-state index contributed by atoms with van der Waals surface area (Å²) in [5.41, 5.74) is 5.69. The number of unbranched alkanes of at least 4 members (excludes halogenated alkanes) is 1. The van der Waals surface area contributed by atoms with E-state index >= 15 is 0 Å². The van der Waals surface area contributed by atoms with Crippen LogP contribution in [0.3, 0.4) is 0 Å². The smallest absolute Gasteiger partial charge is 0.249 e. The van der Waals surface area contributed by atoms with E-state index in [4.69, 9.17) is 5.73 Å². The van der Waals surface area contributed by atoms with E-state index < -0.39 is 10.0 Å². The predicted octanol–water partition coefficient (Wildman–Crippen LogP) is 2.21. The van der Waals surface area contributed by atoms with Crippen LogP contribution in [0.2, 0.25) is 0 Å². The van der Waals surface area contributed by atoms with Gasteiger partial charge in [-0.2, -0.15) is 4.37 Å². The van der Waals surface area contributed by atoms with E-state index in [1.807, 2.05) is 0 Å². The molecule has 8 heteroatoms. The van der Waals surface area contributed by atoms with Crippen molar-refractivity contribution in [1.82, 2.24) is 8.68 Å². The molecule has 0 radical (unpaired) electrons. The number of nitrogens with two attached hydrogens (primary N) is 1. The van der Waals surface area contributed by atoms with Gasteiger partial charge >= 0.3 is 0 Å². The highest BCUT2D eigenvalue weighted by atomic mass is 32.2. The molecule has 0 saturated carbocycles. The predicted molar refractivity (Wildman–Crippen MR) is 84.6 cm³/mol. The van der Waals surface area contributed by atoms with Gasteiger partial charge in [0.05, 0.1) is 0 Å². The molecule has 0 unspecified atom stereocenters. The lowest BCUT2D eigenvalue weighted by Crippen LogP contribution is -2.23. The Kier molecular flexibility index (Phi) is 6.22. The lowest BCUT2D eigenvalue weighted by molar-refractivity contribution is 0.521. The van der Waals surface area contributed by atoms with Gasteiger partial charge in [-0.3, -0.25) is 0 Å². The molecule has 3 N–H and O–H groups in total. The molecule has 0 aromatic carbocycles. The molecule has 0 bridgehead atoms. The third kappa shape index (κ3) is 4.32. The van der Waals surface area contributed by atoms with E-state index in [1.165, 1.54) is 20.5 Å². The first-order chi connectivity index (χ1) is 9.26. The average molecular weight is 320 g/mol. The van der Waals surface area contributed by atoms with Crippen LogP contribution in [0, 0.1) is 5.92 Å². The van der Waals surface area contributed by atoms with E-state index in [1.54, 1.807) is 0 Å². The second-order valence-electron chi connectivity index (χ2n) is 5.33. The summed E-state index contributed by atoms with van der Waals surface area (Å²) >= 11 is 1.09. The molecule has 0 aliphatic carbocycles. The zero-order valence-corrected chi connectivity index (χ0v) is 14.1. The second kappa shape index (κ2) is 7.24. The van der Waals surface area contributed by atoms with Crippen molar-refractivity contribution in [3.63, 3.8) is 0 Å². The van der Waals surface area contributed by atoms with Crippen molar-refractivity contribution in [3.05, 3.63) is 0 Å². The number of nitrogens with zero attached hydrogens (tertiary/aromatic N) is 2. The highest BCUT2D eigenvalue weighted by Crippen LogP contribution is 2.32. The largest absolute Gasteiger partial charge is 0.382 e. The summed E-state index contributed by atoms with van der Waals surface area (Å²) in [4.78, 5) is 0.0939. The van der Waals surface area contributed by atoms with E-state index in [0.29, 0.717) is 10.9 Å². The van der Waals surface area contributed by atoms with Crippen molar-refractivity contribution in [2.24, 2.45) is 5.92 Å². The lowest BCUT2D eigenvalue weighted by atomic mass is 10.1. The molecule has 0 saturated heterocycles. The van der Waals surface area contributed by atoms with Gasteiger partial charge < -0.3 is 11.1 Å². The highest BCUT2D eigenvalue weighted by Gasteiger charge is 2.27. The standard InChI is InChI=1S/C12H24N4O2S2/c1-9(2)7-5-6-8-14-12-10(11(13)15-19-12)20(17,18)16(3)4/h9,14H,5-8H2,1-4H3,(H2,13,15). The Morgan fingerprint density at radius 2 is 2.00 bits per heavy atom. The monoisotopic (exact) mass is 320 g/mol. The molecule has 0 spiro atoms. The van der Waals surface area contributed by atoms with Gasteiger partial charge in [-0.1, -0.05) is 26.7 Å². The number of rotatable bonds is 8. The molecular formula is C12H24N4O2S2. The van der Waals surface area contributed by atoms with Gasteiger partial charge in [-0.25, -0.2) is 12.7 Å². The van der Waals surface area contributed by atoms with Gasteiger partial charge in [0.15, 0.2) is 10.7 Å². The number of hydrogen-bond donors (Lipinski definition) is 2. The van der Waals surface area contributed by atoms with Gasteiger partial charge in [0, 0.05) is 20.6 Å². The quantitative estimate of drug-likeness (QED) is 0.717. The van der Waals surface area contributed by atoms with E-state index in [9.17, 15) is 8.42 Å². The fourth-order valence-corrected chi connectivity index (χ4v) is 3.82. The number of aromatic nitrogens is 1. The van der Waals surface area contributed by atoms with Gasteiger partial charge in [0.2, 0.25) is 10.0 Å². The number of sulfonamides is 1. The Morgan fingerprint density at radius 1 is 1.35 bits per heavy atom. The van der Waals surface area contributed by atoms with E-state index in [2.05, 4.69) is 23.5 Å². The van der Waals surface area contributed by atoms with Crippen LogP contribution in [-0.4, -0.2) is 37.7 Å². The van der Waals surface area contributed by atoms with Crippen molar-refractivity contribution in [3.8, 4) is 0 Å². The molecule has 1 aromatic heterocycles. The normalized spacial score (nSPS) is 12.3. The SMILES string of the molecule is CC(C)CCCCNc1snc(N)c1S(=O)(=O)N(C)C. The molecule has 1 rings (SSSR count). The summed E-state index contributed by atoms with van der Waals surface area (Å²) < 4.78 is 29.5. The molecule has 0 aliphatic rings. The number of nitrogen functional groups attached to an aromatic ring is 1. The first-order valence-corrected chi connectivity index (χ1v) is 8.89. The second-order valence-corrected chi connectivity index (χ2v) is 8.19. The zero-order chi connectivity index (χ0) is 15.3. The maximum atomic E-state index is 12.2. The van der Waals surface area contributed by atoms with Gasteiger partial charge in [0.25, 0.3) is 0 Å².